The lowest BCUT2D eigenvalue weighted by molar-refractivity contribution is -0.117. The first-order valence-corrected chi connectivity index (χ1v) is 9.62. The van der Waals surface area contributed by atoms with Gasteiger partial charge in [-0.15, -0.1) is 0 Å². The number of benzene rings is 2. The number of hydrogen-bond donors (Lipinski definition) is 2. The van der Waals surface area contributed by atoms with Crippen molar-refractivity contribution in [2.75, 3.05) is 18.4 Å². The molecule has 1 atom stereocenters. The first-order valence-electron chi connectivity index (χ1n) is 9.62. The van der Waals surface area contributed by atoms with Gasteiger partial charge in [-0.25, -0.2) is 4.79 Å². The number of alkyl carbamates (subject to hydrolysis) is 1. The third-order valence-electron chi connectivity index (χ3n) is 4.37. The van der Waals surface area contributed by atoms with Gasteiger partial charge in [0.15, 0.2) is 0 Å². The van der Waals surface area contributed by atoms with Crippen molar-refractivity contribution < 1.29 is 19.1 Å². The summed E-state index contributed by atoms with van der Waals surface area (Å²) in [4.78, 5) is 38.4. The van der Waals surface area contributed by atoms with Gasteiger partial charge in [0.1, 0.15) is 12.6 Å². The van der Waals surface area contributed by atoms with E-state index in [4.69, 9.17) is 4.74 Å². The molecule has 2 aromatic carbocycles. The molecule has 0 heterocycles. The maximum absolute atomic E-state index is 12.5. The van der Waals surface area contributed by atoms with Crippen molar-refractivity contribution in [1.29, 1.82) is 0 Å². The zero-order valence-corrected chi connectivity index (χ0v) is 17.0. The smallest absolute Gasteiger partial charge is 0.408 e. The van der Waals surface area contributed by atoms with Crippen molar-refractivity contribution in [3.8, 4) is 0 Å². The zero-order chi connectivity index (χ0) is 21.2. The summed E-state index contributed by atoms with van der Waals surface area (Å²) in [5.41, 5.74) is 1.84. The highest BCUT2D eigenvalue weighted by Crippen LogP contribution is 2.13. The Bertz CT molecular complexity index is 835. The lowest BCUT2D eigenvalue weighted by Crippen LogP contribution is -2.41. The van der Waals surface area contributed by atoms with Crippen molar-refractivity contribution in [3.63, 3.8) is 0 Å². The van der Waals surface area contributed by atoms with Crippen molar-refractivity contribution >= 4 is 23.6 Å². The number of amides is 3. The summed E-state index contributed by atoms with van der Waals surface area (Å²) in [6.45, 7) is 6.73. The van der Waals surface area contributed by atoms with Gasteiger partial charge in [0.05, 0.1) is 0 Å². The highest BCUT2D eigenvalue weighted by atomic mass is 16.5. The van der Waals surface area contributed by atoms with Crippen LogP contribution in [0.4, 0.5) is 10.5 Å². The molecular formula is C22H27N3O4. The van der Waals surface area contributed by atoms with E-state index < -0.39 is 18.0 Å². The number of ether oxygens (including phenoxy) is 1. The summed E-state index contributed by atoms with van der Waals surface area (Å²) >= 11 is 0. The van der Waals surface area contributed by atoms with Crippen LogP contribution in [0.25, 0.3) is 0 Å². The Hall–Kier alpha value is -3.35. The van der Waals surface area contributed by atoms with E-state index in [9.17, 15) is 14.4 Å². The monoisotopic (exact) mass is 397 g/mol. The minimum absolute atomic E-state index is 0.0956. The fourth-order valence-electron chi connectivity index (χ4n) is 2.68. The van der Waals surface area contributed by atoms with E-state index in [0.717, 1.165) is 5.56 Å². The molecule has 2 rings (SSSR count). The number of carbonyl (C=O) groups excluding carboxylic acids is 3. The van der Waals surface area contributed by atoms with Crippen LogP contribution in [0.2, 0.25) is 0 Å². The number of rotatable bonds is 8. The minimum Gasteiger partial charge on any atom is -0.445 e. The molecule has 2 N–H and O–H groups in total. The van der Waals surface area contributed by atoms with Gasteiger partial charge >= 0.3 is 6.09 Å². The molecule has 0 aliphatic heterocycles. The van der Waals surface area contributed by atoms with Crippen LogP contribution in [0, 0.1) is 0 Å². The molecule has 0 aliphatic carbocycles. The summed E-state index contributed by atoms with van der Waals surface area (Å²) in [5, 5.41) is 5.21. The molecule has 7 nitrogen and oxygen atoms in total. The van der Waals surface area contributed by atoms with E-state index in [1.54, 1.807) is 36.1 Å². The van der Waals surface area contributed by atoms with Gasteiger partial charge in [-0.1, -0.05) is 36.4 Å². The maximum atomic E-state index is 12.5. The fourth-order valence-corrected chi connectivity index (χ4v) is 2.68. The second-order valence-corrected chi connectivity index (χ2v) is 6.48. The molecule has 7 heteroatoms. The average Bonchev–Trinajstić information content (AvgIpc) is 2.74. The summed E-state index contributed by atoms with van der Waals surface area (Å²) in [6.07, 6.45) is -0.679. The first kappa shape index (κ1) is 21.9. The number of nitrogens with one attached hydrogen (secondary N) is 2. The predicted octanol–water partition coefficient (Wildman–Crippen LogP) is 3.42. The summed E-state index contributed by atoms with van der Waals surface area (Å²) in [7, 11) is 0. The van der Waals surface area contributed by atoms with Gasteiger partial charge in [0, 0.05) is 24.3 Å². The van der Waals surface area contributed by atoms with E-state index in [-0.39, 0.29) is 12.5 Å². The normalized spacial score (nSPS) is 11.3. The molecule has 154 valence electrons. The highest BCUT2D eigenvalue weighted by Gasteiger charge is 2.18. The molecule has 0 radical (unpaired) electrons. The zero-order valence-electron chi connectivity index (χ0n) is 17.0. The third-order valence-corrected chi connectivity index (χ3v) is 4.37. The highest BCUT2D eigenvalue weighted by molar-refractivity contribution is 5.99. The molecule has 0 fully saturated rings. The third kappa shape index (κ3) is 6.64. The average molecular weight is 397 g/mol. The quantitative estimate of drug-likeness (QED) is 0.714. The lowest BCUT2D eigenvalue weighted by atomic mass is 10.1. The second kappa shape index (κ2) is 10.8. The van der Waals surface area contributed by atoms with Gasteiger partial charge in [0.25, 0.3) is 5.91 Å². The second-order valence-electron chi connectivity index (χ2n) is 6.48. The van der Waals surface area contributed by atoms with Crippen molar-refractivity contribution in [1.82, 2.24) is 10.2 Å². The van der Waals surface area contributed by atoms with Crippen LogP contribution in [0.15, 0.2) is 54.6 Å². The van der Waals surface area contributed by atoms with Crippen LogP contribution in [0.3, 0.4) is 0 Å². The number of hydrogen-bond acceptors (Lipinski definition) is 4. The Morgan fingerprint density at radius 2 is 1.69 bits per heavy atom. The first-order chi connectivity index (χ1) is 13.9. The van der Waals surface area contributed by atoms with Gasteiger partial charge in [-0.05, 0) is 44.5 Å². The van der Waals surface area contributed by atoms with Crippen LogP contribution in [0.5, 0.6) is 0 Å². The Kier molecular flexibility index (Phi) is 8.21. The van der Waals surface area contributed by atoms with E-state index >= 15 is 0 Å². The van der Waals surface area contributed by atoms with E-state index in [2.05, 4.69) is 10.6 Å². The Morgan fingerprint density at radius 1 is 1.00 bits per heavy atom. The van der Waals surface area contributed by atoms with Crippen LogP contribution in [0.1, 0.15) is 36.7 Å². The van der Waals surface area contributed by atoms with Gasteiger partial charge < -0.3 is 20.3 Å². The summed E-state index contributed by atoms with van der Waals surface area (Å²) < 4.78 is 5.12. The number of anilines is 1. The van der Waals surface area contributed by atoms with Crippen LogP contribution in [-0.2, 0) is 16.1 Å². The Labute approximate surface area is 171 Å². The van der Waals surface area contributed by atoms with Gasteiger partial charge in [-0.3, -0.25) is 9.59 Å². The molecule has 0 bridgehead atoms. The lowest BCUT2D eigenvalue weighted by Gasteiger charge is -2.19. The number of carbonyl (C=O) groups is 3. The Morgan fingerprint density at radius 3 is 2.34 bits per heavy atom. The van der Waals surface area contributed by atoms with E-state index in [1.807, 2.05) is 44.2 Å². The van der Waals surface area contributed by atoms with E-state index in [1.165, 1.54) is 0 Å². The van der Waals surface area contributed by atoms with Crippen molar-refractivity contribution in [3.05, 3.63) is 65.7 Å². The Balaban J connectivity index is 1.89. The van der Waals surface area contributed by atoms with Gasteiger partial charge in [0.2, 0.25) is 5.91 Å². The molecule has 0 spiro atoms. The topological polar surface area (TPSA) is 87.7 Å². The molecule has 29 heavy (non-hydrogen) atoms. The maximum Gasteiger partial charge on any atom is 0.408 e. The molecular weight excluding hydrogens is 370 g/mol. The molecule has 0 saturated carbocycles. The van der Waals surface area contributed by atoms with Crippen LogP contribution >= 0.6 is 0 Å². The molecule has 0 unspecified atom stereocenters. The van der Waals surface area contributed by atoms with Crippen molar-refractivity contribution in [2.24, 2.45) is 0 Å². The number of nitrogens with zero attached hydrogens (tertiary/aromatic N) is 1. The van der Waals surface area contributed by atoms with Crippen molar-refractivity contribution in [2.45, 2.75) is 33.4 Å². The predicted molar refractivity (Wildman–Crippen MR) is 112 cm³/mol. The molecule has 2 aromatic rings. The molecule has 0 aliphatic rings. The van der Waals surface area contributed by atoms with E-state index in [0.29, 0.717) is 24.3 Å². The van der Waals surface area contributed by atoms with Gasteiger partial charge in [-0.2, -0.15) is 0 Å². The molecule has 0 saturated heterocycles. The fraction of sp³-hybridized carbons (Fsp3) is 0.318. The van der Waals surface area contributed by atoms with Crippen LogP contribution in [-0.4, -0.2) is 41.9 Å². The van der Waals surface area contributed by atoms with Crippen LogP contribution < -0.4 is 10.6 Å². The molecule has 0 aromatic heterocycles. The molecule has 3 amide bonds. The largest absolute Gasteiger partial charge is 0.445 e. The SMILES string of the molecule is CCN(CC)C(=O)c1cccc(NC(=O)[C@@H](C)NC(=O)OCc2ccccc2)c1. The summed E-state index contributed by atoms with van der Waals surface area (Å²) in [6, 6.07) is 15.2. The minimum atomic E-state index is -0.805. The standard InChI is InChI=1S/C22H27N3O4/c1-4-25(5-2)21(27)18-12-9-13-19(14-18)24-20(26)16(3)23-22(28)29-15-17-10-7-6-8-11-17/h6-14,16H,4-5,15H2,1-3H3,(H,23,28)(H,24,26)/t16-/m1/s1. The summed E-state index contributed by atoms with van der Waals surface area (Å²) in [5.74, 6) is -0.504.